The predicted molar refractivity (Wildman–Crippen MR) is 86.6 cm³/mol. The van der Waals surface area contributed by atoms with E-state index in [1.54, 1.807) is 0 Å². The fourth-order valence-corrected chi connectivity index (χ4v) is 2.44. The third-order valence-corrected chi connectivity index (χ3v) is 4.14. The molecule has 1 amide bonds. The minimum atomic E-state index is -5.97. The standard InChI is InChI=1S/C17H12ClF6NO2/c1-25(14(26)10-2-6-12(18)7-3-10)13-8-4-11(5-9-13)15(27,16(19,20)21)17(22,23)24/h2-9,27H,1H3. The van der Waals surface area contributed by atoms with Crippen LogP contribution in [0.1, 0.15) is 15.9 Å². The van der Waals surface area contributed by atoms with Gasteiger partial charge < -0.3 is 10.0 Å². The molecule has 0 aliphatic heterocycles. The summed E-state index contributed by atoms with van der Waals surface area (Å²) in [7, 11) is 1.30. The van der Waals surface area contributed by atoms with E-state index < -0.39 is 29.4 Å². The number of halogens is 7. The number of anilines is 1. The van der Waals surface area contributed by atoms with Gasteiger partial charge in [0.25, 0.3) is 11.5 Å². The number of carbonyl (C=O) groups is 1. The number of aliphatic hydroxyl groups is 1. The van der Waals surface area contributed by atoms with Crippen molar-refractivity contribution in [3.8, 4) is 0 Å². The second kappa shape index (κ2) is 7.05. The highest BCUT2D eigenvalue weighted by Crippen LogP contribution is 2.50. The molecule has 2 aromatic carbocycles. The van der Waals surface area contributed by atoms with Gasteiger partial charge in [0.15, 0.2) is 0 Å². The first kappa shape index (κ1) is 21.0. The van der Waals surface area contributed by atoms with Crippen molar-refractivity contribution >= 4 is 23.2 Å². The Morgan fingerprint density at radius 2 is 1.33 bits per heavy atom. The average Bonchev–Trinajstić information content (AvgIpc) is 2.58. The number of amides is 1. The molecule has 2 rings (SSSR count). The van der Waals surface area contributed by atoms with E-state index in [9.17, 15) is 36.2 Å². The van der Waals surface area contributed by atoms with Crippen molar-refractivity contribution in [2.45, 2.75) is 18.0 Å². The molecule has 0 spiro atoms. The maximum atomic E-state index is 12.9. The van der Waals surface area contributed by atoms with Gasteiger partial charge in [-0.3, -0.25) is 4.79 Å². The second-order valence-corrected chi connectivity index (χ2v) is 6.06. The van der Waals surface area contributed by atoms with Gasteiger partial charge in [0.05, 0.1) is 0 Å². The molecular weight excluding hydrogens is 400 g/mol. The number of hydrogen-bond donors (Lipinski definition) is 1. The van der Waals surface area contributed by atoms with E-state index in [0.717, 1.165) is 17.0 Å². The molecule has 10 heteroatoms. The first-order chi connectivity index (χ1) is 12.3. The Morgan fingerprint density at radius 3 is 1.74 bits per heavy atom. The molecule has 0 aliphatic carbocycles. The van der Waals surface area contributed by atoms with Gasteiger partial charge in [-0.25, -0.2) is 0 Å². The lowest BCUT2D eigenvalue weighted by molar-refractivity contribution is -0.376. The van der Waals surface area contributed by atoms with Gasteiger partial charge in [-0.2, -0.15) is 26.3 Å². The third-order valence-electron chi connectivity index (χ3n) is 3.89. The average molecular weight is 412 g/mol. The van der Waals surface area contributed by atoms with Gasteiger partial charge in [-0.1, -0.05) is 23.7 Å². The summed E-state index contributed by atoms with van der Waals surface area (Å²) in [6.45, 7) is 0. The highest BCUT2D eigenvalue weighted by atomic mass is 35.5. The molecule has 0 saturated heterocycles. The summed E-state index contributed by atoms with van der Waals surface area (Å²) in [4.78, 5) is 13.4. The van der Waals surface area contributed by atoms with Crippen LogP contribution in [0.15, 0.2) is 48.5 Å². The minimum Gasteiger partial charge on any atom is -0.369 e. The molecule has 0 fully saturated rings. The van der Waals surface area contributed by atoms with Crippen molar-refractivity contribution in [1.29, 1.82) is 0 Å². The van der Waals surface area contributed by atoms with Crippen LogP contribution in [-0.2, 0) is 5.60 Å². The van der Waals surface area contributed by atoms with E-state index in [2.05, 4.69) is 0 Å². The van der Waals surface area contributed by atoms with Crippen molar-refractivity contribution in [3.63, 3.8) is 0 Å². The Balaban J connectivity index is 2.36. The Morgan fingerprint density at radius 1 is 0.889 bits per heavy atom. The molecule has 27 heavy (non-hydrogen) atoms. The van der Waals surface area contributed by atoms with E-state index >= 15 is 0 Å². The highest BCUT2D eigenvalue weighted by Gasteiger charge is 2.71. The first-order valence-electron chi connectivity index (χ1n) is 7.29. The topological polar surface area (TPSA) is 40.5 Å². The van der Waals surface area contributed by atoms with Crippen LogP contribution in [0.25, 0.3) is 0 Å². The number of benzene rings is 2. The van der Waals surface area contributed by atoms with Crippen LogP contribution in [0.5, 0.6) is 0 Å². The van der Waals surface area contributed by atoms with Gasteiger partial charge in [0.2, 0.25) is 0 Å². The number of alkyl halides is 6. The predicted octanol–water partition coefficient (Wildman–Crippen LogP) is 4.93. The van der Waals surface area contributed by atoms with E-state index in [1.165, 1.54) is 31.3 Å². The largest absolute Gasteiger partial charge is 0.430 e. The van der Waals surface area contributed by atoms with Crippen molar-refractivity contribution in [2.75, 3.05) is 11.9 Å². The van der Waals surface area contributed by atoms with Crippen LogP contribution in [-0.4, -0.2) is 30.4 Å². The van der Waals surface area contributed by atoms with E-state index in [0.29, 0.717) is 17.2 Å². The maximum Gasteiger partial charge on any atom is 0.430 e. The van der Waals surface area contributed by atoms with Crippen molar-refractivity contribution in [2.24, 2.45) is 0 Å². The van der Waals surface area contributed by atoms with Crippen molar-refractivity contribution in [3.05, 3.63) is 64.7 Å². The summed E-state index contributed by atoms with van der Waals surface area (Å²) in [5, 5.41) is 9.74. The highest BCUT2D eigenvalue weighted by molar-refractivity contribution is 6.30. The minimum absolute atomic E-state index is 0.0328. The van der Waals surface area contributed by atoms with Gasteiger partial charge in [-0.15, -0.1) is 0 Å². The molecule has 0 radical (unpaired) electrons. The number of nitrogens with zero attached hydrogens (tertiary/aromatic N) is 1. The summed E-state index contributed by atoms with van der Waals surface area (Å²) in [6.07, 6.45) is -11.9. The van der Waals surface area contributed by atoms with Gasteiger partial charge in [0, 0.05) is 28.9 Å². The molecule has 0 atom stereocenters. The SMILES string of the molecule is CN(C(=O)c1ccc(Cl)cc1)c1ccc(C(O)(C(F)(F)F)C(F)(F)F)cc1. The van der Waals surface area contributed by atoms with E-state index in [-0.39, 0.29) is 11.3 Å². The summed E-state index contributed by atoms with van der Waals surface area (Å²) in [6, 6.07) is 8.46. The quantitative estimate of drug-likeness (QED) is 0.728. The monoisotopic (exact) mass is 411 g/mol. The fraction of sp³-hybridized carbons (Fsp3) is 0.235. The first-order valence-corrected chi connectivity index (χ1v) is 7.67. The zero-order valence-corrected chi connectivity index (χ0v) is 14.3. The molecule has 0 aliphatic rings. The summed E-state index contributed by atoms with van der Waals surface area (Å²) in [5.41, 5.74) is -6.17. The van der Waals surface area contributed by atoms with Crippen LogP contribution in [0.4, 0.5) is 32.0 Å². The molecule has 2 aromatic rings. The number of carbonyl (C=O) groups excluding carboxylic acids is 1. The lowest BCUT2D eigenvalue weighted by atomic mass is 9.92. The molecule has 0 unspecified atom stereocenters. The van der Waals surface area contributed by atoms with Crippen LogP contribution in [0.3, 0.4) is 0 Å². The molecule has 0 bridgehead atoms. The number of hydrogen-bond acceptors (Lipinski definition) is 2. The van der Waals surface area contributed by atoms with Crippen LogP contribution < -0.4 is 4.90 Å². The fourth-order valence-electron chi connectivity index (χ4n) is 2.32. The third kappa shape index (κ3) is 3.89. The second-order valence-electron chi connectivity index (χ2n) is 5.62. The van der Waals surface area contributed by atoms with Crippen molar-refractivity contribution in [1.82, 2.24) is 0 Å². The smallest absolute Gasteiger partial charge is 0.369 e. The molecule has 146 valence electrons. The van der Waals surface area contributed by atoms with Crippen LogP contribution in [0.2, 0.25) is 5.02 Å². The van der Waals surface area contributed by atoms with Gasteiger partial charge in [-0.05, 0) is 36.4 Å². The molecule has 1 N–H and O–H groups in total. The van der Waals surface area contributed by atoms with Crippen LogP contribution in [0, 0.1) is 0 Å². The molecule has 0 aromatic heterocycles. The zero-order valence-electron chi connectivity index (χ0n) is 13.6. The summed E-state index contributed by atoms with van der Waals surface area (Å²) >= 11 is 5.71. The van der Waals surface area contributed by atoms with E-state index in [4.69, 9.17) is 11.6 Å². The van der Waals surface area contributed by atoms with E-state index in [1.807, 2.05) is 0 Å². The Bertz CT molecular complexity index is 801. The molecule has 3 nitrogen and oxygen atoms in total. The molecule has 0 heterocycles. The van der Waals surface area contributed by atoms with Crippen LogP contribution >= 0.6 is 11.6 Å². The number of rotatable bonds is 3. The zero-order chi connectivity index (χ0) is 20.6. The van der Waals surface area contributed by atoms with Gasteiger partial charge in [0.1, 0.15) is 0 Å². The lowest BCUT2D eigenvalue weighted by Crippen LogP contribution is -2.53. The summed E-state index contributed by atoms with van der Waals surface area (Å²) < 4.78 is 77.3. The Hall–Kier alpha value is -2.26. The van der Waals surface area contributed by atoms with Gasteiger partial charge >= 0.3 is 12.4 Å². The molecule has 0 saturated carbocycles. The summed E-state index contributed by atoms with van der Waals surface area (Å²) in [5.74, 6) is -0.554. The normalized spacial score (nSPS) is 12.8. The maximum absolute atomic E-state index is 12.9. The lowest BCUT2D eigenvalue weighted by Gasteiger charge is -2.32. The Labute approximate surface area is 154 Å². The van der Waals surface area contributed by atoms with Crippen molar-refractivity contribution < 1.29 is 36.2 Å². The Kier molecular flexibility index (Phi) is 5.49. The molecular formula is C17H12ClF6NO2.